The minimum atomic E-state index is -4.36. The van der Waals surface area contributed by atoms with Gasteiger partial charge in [-0.05, 0) is 36.9 Å². The monoisotopic (exact) mass is 573 g/mol. The number of fused-ring (bicyclic) bond motifs is 1. The summed E-state index contributed by atoms with van der Waals surface area (Å²) in [6.07, 6.45) is -2.82. The van der Waals surface area contributed by atoms with Crippen LogP contribution in [0.3, 0.4) is 0 Å². The zero-order valence-corrected chi connectivity index (χ0v) is 22.7. The number of hydrogen-bond acceptors (Lipinski definition) is 11. The standard InChI is InChI=1S/C24H28N7O8P/c1-14(21(33)36-3)28-40(35,39-17-10-6-8-15-7-4-5-9-16(15)17)37-13-18-20(32)24(2,29-30-26)22(38-18)31-12-11-19(25)27-23(31)34/h4-12,14,18,20,22,32H,13H2,1-3H3,(H,28,35)(H2,25,27,34)/t14-,18+,20+,22-,24+,40?/m0/s1. The Bertz CT molecular complexity index is 1560. The third kappa shape index (κ3) is 5.80. The number of azide groups is 1. The van der Waals surface area contributed by atoms with Crippen LogP contribution >= 0.6 is 7.75 Å². The van der Waals surface area contributed by atoms with Crippen LogP contribution < -0.4 is 21.0 Å². The molecule has 16 heteroatoms. The molecule has 1 saturated heterocycles. The minimum absolute atomic E-state index is 0.0394. The fraction of sp³-hybridized carbons (Fsp3) is 0.375. The number of aliphatic hydroxyl groups is 1. The van der Waals surface area contributed by atoms with Gasteiger partial charge in [-0.15, -0.1) is 0 Å². The van der Waals surface area contributed by atoms with Gasteiger partial charge in [0.05, 0.1) is 19.8 Å². The van der Waals surface area contributed by atoms with E-state index in [1.807, 2.05) is 18.2 Å². The normalized spacial score (nSPS) is 24.6. The largest absolute Gasteiger partial charge is 0.468 e. The number of methoxy groups -OCH3 is 1. The van der Waals surface area contributed by atoms with Crippen molar-refractivity contribution in [3.05, 3.63) is 75.7 Å². The number of carbonyl (C=O) groups is 1. The highest BCUT2D eigenvalue weighted by molar-refractivity contribution is 7.52. The second-order valence-corrected chi connectivity index (χ2v) is 10.9. The highest BCUT2D eigenvalue weighted by atomic mass is 31.2. The lowest BCUT2D eigenvalue weighted by Gasteiger charge is -2.28. The number of aliphatic hydroxyl groups excluding tert-OH is 1. The first kappa shape index (κ1) is 29.0. The van der Waals surface area contributed by atoms with Crippen LogP contribution in [0.5, 0.6) is 5.75 Å². The molecule has 0 saturated carbocycles. The Labute approximate surface area is 228 Å². The fourth-order valence-corrected chi connectivity index (χ4v) is 5.84. The van der Waals surface area contributed by atoms with Crippen LogP contribution in [0.25, 0.3) is 21.2 Å². The highest BCUT2D eigenvalue weighted by Gasteiger charge is 2.55. The summed E-state index contributed by atoms with van der Waals surface area (Å²) in [6.45, 7) is 2.23. The number of anilines is 1. The molecule has 0 radical (unpaired) electrons. The molecule has 0 bridgehead atoms. The average Bonchev–Trinajstić information content (AvgIpc) is 3.16. The Morgan fingerprint density at radius 2 is 2.08 bits per heavy atom. The maximum absolute atomic E-state index is 14.0. The first-order valence-corrected chi connectivity index (χ1v) is 13.6. The highest BCUT2D eigenvalue weighted by Crippen LogP contribution is 2.48. The van der Waals surface area contributed by atoms with Crippen LogP contribution in [0.4, 0.5) is 5.82 Å². The van der Waals surface area contributed by atoms with E-state index in [2.05, 4.69) is 20.1 Å². The first-order valence-electron chi connectivity index (χ1n) is 12.0. The van der Waals surface area contributed by atoms with Crippen LogP contribution in [0.2, 0.25) is 0 Å². The maximum atomic E-state index is 14.0. The van der Waals surface area contributed by atoms with Gasteiger partial charge in [0.1, 0.15) is 29.3 Å². The number of rotatable bonds is 10. The summed E-state index contributed by atoms with van der Waals surface area (Å²) in [5, 5.41) is 18.8. The molecule has 212 valence electrons. The second-order valence-electron chi connectivity index (χ2n) is 9.17. The van der Waals surface area contributed by atoms with Gasteiger partial charge >= 0.3 is 19.4 Å². The van der Waals surface area contributed by atoms with Crippen molar-refractivity contribution in [2.45, 2.75) is 43.9 Å². The number of hydrogen-bond donors (Lipinski definition) is 3. The van der Waals surface area contributed by atoms with E-state index in [9.17, 15) is 24.8 Å². The lowest BCUT2D eigenvalue weighted by Crippen LogP contribution is -2.45. The zero-order chi connectivity index (χ0) is 29.1. The molecule has 1 unspecified atom stereocenters. The third-order valence-corrected chi connectivity index (χ3v) is 8.03. The molecule has 40 heavy (non-hydrogen) atoms. The Hall–Kier alpha value is -3.97. The summed E-state index contributed by atoms with van der Waals surface area (Å²) < 4.78 is 37.1. The SMILES string of the molecule is COC(=O)[C@H](C)NP(=O)(OC[C@H]1O[C@H](n2ccc(N)nc2=O)[C@](C)(N=[N+]=[N-])[C@@H]1O)Oc1cccc2ccccc12. The summed E-state index contributed by atoms with van der Waals surface area (Å²) in [5.41, 5.74) is 12.2. The molecule has 1 aromatic heterocycles. The summed E-state index contributed by atoms with van der Waals surface area (Å²) in [4.78, 5) is 31.1. The summed E-state index contributed by atoms with van der Waals surface area (Å²) >= 11 is 0. The van der Waals surface area contributed by atoms with Gasteiger partial charge in [0.25, 0.3) is 0 Å². The Morgan fingerprint density at radius 1 is 1.35 bits per heavy atom. The summed E-state index contributed by atoms with van der Waals surface area (Å²) in [6, 6.07) is 12.6. The number of carbonyl (C=O) groups excluding carboxylic acids is 1. The van der Waals surface area contributed by atoms with Crippen LogP contribution in [0.1, 0.15) is 20.1 Å². The zero-order valence-electron chi connectivity index (χ0n) is 21.8. The predicted molar refractivity (Wildman–Crippen MR) is 143 cm³/mol. The van der Waals surface area contributed by atoms with Crippen LogP contribution in [0.15, 0.2) is 64.6 Å². The van der Waals surface area contributed by atoms with Gasteiger partial charge < -0.3 is 24.8 Å². The lowest BCUT2D eigenvalue weighted by atomic mass is 9.93. The number of esters is 1. The molecule has 6 atom stereocenters. The van der Waals surface area contributed by atoms with Crippen molar-refractivity contribution in [3.63, 3.8) is 0 Å². The van der Waals surface area contributed by atoms with E-state index < -0.39 is 56.0 Å². The molecule has 2 aromatic carbocycles. The van der Waals surface area contributed by atoms with E-state index in [1.165, 1.54) is 33.2 Å². The fourth-order valence-electron chi connectivity index (χ4n) is 4.32. The Morgan fingerprint density at radius 3 is 2.77 bits per heavy atom. The van der Waals surface area contributed by atoms with E-state index in [0.717, 1.165) is 9.95 Å². The molecule has 1 aliphatic heterocycles. The van der Waals surface area contributed by atoms with Crippen LogP contribution in [0, 0.1) is 0 Å². The molecule has 1 aliphatic rings. The number of ether oxygens (including phenoxy) is 2. The second kappa shape index (κ2) is 11.6. The lowest BCUT2D eigenvalue weighted by molar-refractivity contribution is -0.142. The molecule has 4 N–H and O–H groups in total. The van der Waals surface area contributed by atoms with E-state index >= 15 is 0 Å². The van der Waals surface area contributed by atoms with Crippen molar-refractivity contribution < 1.29 is 33.0 Å². The number of aromatic nitrogens is 2. The van der Waals surface area contributed by atoms with E-state index in [0.29, 0.717) is 5.39 Å². The molecule has 4 rings (SSSR count). The van der Waals surface area contributed by atoms with Gasteiger partial charge in [-0.3, -0.25) is 13.9 Å². The van der Waals surface area contributed by atoms with Crippen molar-refractivity contribution >= 4 is 30.3 Å². The van der Waals surface area contributed by atoms with Gasteiger partial charge in [0.15, 0.2) is 6.23 Å². The quantitative estimate of drug-likeness (QED) is 0.105. The molecule has 2 heterocycles. The number of nitrogens with one attached hydrogen (secondary N) is 1. The van der Waals surface area contributed by atoms with E-state index in [4.69, 9.17) is 24.3 Å². The van der Waals surface area contributed by atoms with Crippen LogP contribution in [-0.4, -0.2) is 58.1 Å². The summed E-state index contributed by atoms with van der Waals surface area (Å²) in [5.74, 6) is -0.564. The number of nitrogens with two attached hydrogens (primary N) is 1. The smallest absolute Gasteiger partial charge is 0.459 e. The van der Waals surface area contributed by atoms with Crippen molar-refractivity contribution in [1.29, 1.82) is 0 Å². The van der Waals surface area contributed by atoms with Crippen molar-refractivity contribution in [2.24, 2.45) is 5.11 Å². The van der Waals surface area contributed by atoms with Gasteiger partial charge in [-0.2, -0.15) is 10.1 Å². The molecule has 3 aromatic rings. The maximum Gasteiger partial charge on any atom is 0.459 e. The molecule has 15 nitrogen and oxygen atoms in total. The average molecular weight is 574 g/mol. The summed E-state index contributed by atoms with van der Waals surface area (Å²) in [7, 11) is -3.18. The molecular formula is C24H28N7O8P. The number of nitrogens with zero attached hydrogens (tertiary/aromatic N) is 5. The van der Waals surface area contributed by atoms with Crippen molar-refractivity contribution in [3.8, 4) is 5.75 Å². The third-order valence-electron chi connectivity index (χ3n) is 6.40. The molecule has 0 spiro atoms. The first-order chi connectivity index (χ1) is 19.0. The van der Waals surface area contributed by atoms with E-state index in [-0.39, 0.29) is 11.6 Å². The molecule has 0 amide bonds. The molecule has 0 aliphatic carbocycles. The Kier molecular flexibility index (Phi) is 8.45. The molecule has 1 fully saturated rings. The van der Waals surface area contributed by atoms with Gasteiger partial charge in [0.2, 0.25) is 0 Å². The Balaban J connectivity index is 1.64. The number of nitrogen functional groups attached to an aromatic ring is 1. The van der Waals surface area contributed by atoms with Crippen LogP contribution in [-0.2, 0) is 23.4 Å². The predicted octanol–water partition coefficient (Wildman–Crippen LogP) is 2.66. The number of benzene rings is 2. The topological polar surface area (TPSA) is 213 Å². The van der Waals surface area contributed by atoms with Crippen molar-refractivity contribution in [2.75, 3.05) is 19.5 Å². The van der Waals surface area contributed by atoms with Gasteiger partial charge in [-0.1, -0.05) is 41.5 Å². The van der Waals surface area contributed by atoms with Crippen molar-refractivity contribution in [1.82, 2.24) is 14.6 Å². The van der Waals surface area contributed by atoms with Gasteiger partial charge in [-0.25, -0.2) is 9.36 Å². The van der Waals surface area contributed by atoms with E-state index in [1.54, 1.807) is 24.3 Å². The van der Waals surface area contributed by atoms with Gasteiger partial charge in [0, 0.05) is 16.5 Å². The minimum Gasteiger partial charge on any atom is -0.468 e. The molecular weight excluding hydrogens is 545 g/mol.